The Labute approximate surface area is 95.1 Å². The van der Waals surface area contributed by atoms with Crippen LogP contribution >= 0.6 is 0 Å². The largest absolute Gasteiger partial charge is 0.489 e. The molecule has 0 fully saturated rings. The molecule has 0 bridgehead atoms. The van der Waals surface area contributed by atoms with Crippen LogP contribution in [-0.2, 0) is 0 Å². The Kier molecular flexibility index (Phi) is 3.57. The third-order valence-electron chi connectivity index (χ3n) is 2.73. The van der Waals surface area contributed by atoms with Crippen molar-refractivity contribution in [1.82, 2.24) is 5.32 Å². The normalized spacial score (nSPS) is 15.8. The molecule has 0 aliphatic carbocycles. The van der Waals surface area contributed by atoms with Gasteiger partial charge < -0.3 is 10.1 Å². The summed E-state index contributed by atoms with van der Waals surface area (Å²) in [6, 6.07) is 4.98. The van der Waals surface area contributed by atoms with Crippen molar-refractivity contribution in [1.29, 1.82) is 0 Å². The highest BCUT2D eigenvalue weighted by Crippen LogP contribution is 2.17. The van der Waals surface area contributed by atoms with Crippen molar-refractivity contribution < 1.29 is 9.13 Å². The molecule has 1 heterocycles. The Morgan fingerprint density at radius 1 is 1.44 bits per heavy atom. The van der Waals surface area contributed by atoms with E-state index in [-0.39, 0.29) is 5.82 Å². The van der Waals surface area contributed by atoms with E-state index >= 15 is 0 Å². The fourth-order valence-corrected chi connectivity index (χ4v) is 1.64. The lowest BCUT2D eigenvalue weighted by Crippen LogP contribution is -2.22. The van der Waals surface area contributed by atoms with Crippen LogP contribution in [0.2, 0.25) is 0 Å². The van der Waals surface area contributed by atoms with Crippen LogP contribution in [0.15, 0.2) is 29.8 Å². The van der Waals surface area contributed by atoms with E-state index in [4.69, 9.17) is 4.74 Å². The Bertz CT molecular complexity index is 401. The first-order chi connectivity index (χ1) is 7.75. The average molecular weight is 221 g/mol. The molecule has 0 saturated carbocycles. The minimum Gasteiger partial charge on any atom is -0.489 e. The van der Waals surface area contributed by atoms with Gasteiger partial charge in [-0.25, -0.2) is 4.39 Å². The van der Waals surface area contributed by atoms with Gasteiger partial charge in [-0.3, -0.25) is 0 Å². The predicted octanol–water partition coefficient (Wildman–Crippen LogP) is 2.43. The number of nitrogens with one attached hydrogen (secondary N) is 1. The quantitative estimate of drug-likeness (QED) is 0.791. The van der Waals surface area contributed by atoms with Crippen LogP contribution in [0.4, 0.5) is 4.39 Å². The molecule has 1 aromatic carbocycles. The van der Waals surface area contributed by atoms with E-state index in [2.05, 4.69) is 11.4 Å². The lowest BCUT2D eigenvalue weighted by molar-refractivity contribution is 0.342. The molecule has 1 N–H and O–H groups in total. The van der Waals surface area contributed by atoms with Gasteiger partial charge in [0.25, 0.3) is 0 Å². The molecule has 0 aromatic heterocycles. The number of hydrogen-bond acceptors (Lipinski definition) is 2. The van der Waals surface area contributed by atoms with Gasteiger partial charge in [-0.15, -0.1) is 0 Å². The van der Waals surface area contributed by atoms with Gasteiger partial charge in [-0.2, -0.15) is 0 Å². The van der Waals surface area contributed by atoms with Crippen LogP contribution < -0.4 is 10.1 Å². The minimum absolute atomic E-state index is 0.211. The number of aryl methyl sites for hydroxylation is 1. The standard InChI is InChI=1S/C13H16FNO/c1-10-2-3-12(8-13(10)14)16-9-11-4-6-15-7-5-11/h2-4,8,15H,5-7,9H2,1H3. The average Bonchev–Trinajstić information content (AvgIpc) is 2.32. The van der Waals surface area contributed by atoms with Crippen LogP contribution in [0.25, 0.3) is 0 Å². The SMILES string of the molecule is Cc1ccc(OCC2=CCNCC2)cc1F. The molecule has 2 rings (SSSR count). The number of benzene rings is 1. The molecule has 1 aromatic rings. The van der Waals surface area contributed by atoms with Gasteiger partial charge in [0.2, 0.25) is 0 Å². The van der Waals surface area contributed by atoms with E-state index in [0.717, 1.165) is 19.5 Å². The highest BCUT2D eigenvalue weighted by atomic mass is 19.1. The molecule has 2 nitrogen and oxygen atoms in total. The maximum Gasteiger partial charge on any atom is 0.129 e. The number of hydrogen-bond donors (Lipinski definition) is 1. The van der Waals surface area contributed by atoms with Crippen LogP contribution in [0, 0.1) is 12.7 Å². The van der Waals surface area contributed by atoms with Crippen LogP contribution in [0.5, 0.6) is 5.75 Å². The highest BCUT2D eigenvalue weighted by molar-refractivity contribution is 5.28. The summed E-state index contributed by atoms with van der Waals surface area (Å²) in [4.78, 5) is 0. The van der Waals surface area contributed by atoms with Crippen LogP contribution in [0.1, 0.15) is 12.0 Å². The molecule has 0 amide bonds. The van der Waals surface area contributed by atoms with Gasteiger partial charge in [0.05, 0.1) is 0 Å². The van der Waals surface area contributed by atoms with Crippen molar-refractivity contribution >= 4 is 0 Å². The number of rotatable bonds is 3. The molecule has 0 saturated heterocycles. The molecular formula is C13H16FNO. The second-order valence-electron chi connectivity index (χ2n) is 4.02. The van der Waals surface area contributed by atoms with E-state index in [1.165, 1.54) is 11.6 Å². The van der Waals surface area contributed by atoms with Crippen molar-refractivity contribution in [3.63, 3.8) is 0 Å². The predicted molar refractivity (Wildman–Crippen MR) is 62.2 cm³/mol. The second-order valence-corrected chi connectivity index (χ2v) is 4.02. The zero-order valence-electron chi connectivity index (χ0n) is 9.42. The Hall–Kier alpha value is -1.35. The number of halogens is 1. The number of ether oxygens (including phenoxy) is 1. The van der Waals surface area contributed by atoms with Crippen molar-refractivity contribution in [3.8, 4) is 5.75 Å². The van der Waals surface area contributed by atoms with Crippen molar-refractivity contribution in [2.75, 3.05) is 19.7 Å². The first-order valence-corrected chi connectivity index (χ1v) is 5.53. The van der Waals surface area contributed by atoms with E-state index in [9.17, 15) is 4.39 Å². The van der Waals surface area contributed by atoms with Crippen LogP contribution in [0.3, 0.4) is 0 Å². The summed E-state index contributed by atoms with van der Waals surface area (Å²) in [6.45, 7) is 4.21. The molecule has 86 valence electrons. The van der Waals surface area contributed by atoms with E-state index in [1.807, 2.05) is 0 Å². The zero-order chi connectivity index (χ0) is 11.4. The highest BCUT2D eigenvalue weighted by Gasteiger charge is 2.05. The summed E-state index contributed by atoms with van der Waals surface area (Å²) in [7, 11) is 0. The maximum absolute atomic E-state index is 13.2. The third kappa shape index (κ3) is 2.83. The summed E-state index contributed by atoms with van der Waals surface area (Å²) in [5, 5.41) is 3.24. The van der Waals surface area contributed by atoms with Gasteiger partial charge in [0.1, 0.15) is 18.2 Å². The molecule has 1 aliphatic rings. The van der Waals surface area contributed by atoms with E-state index < -0.39 is 0 Å². The summed E-state index contributed by atoms with van der Waals surface area (Å²) >= 11 is 0. The Balaban J connectivity index is 1.94. The fraction of sp³-hybridized carbons (Fsp3) is 0.385. The molecule has 16 heavy (non-hydrogen) atoms. The molecule has 1 aliphatic heterocycles. The van der Waals surface area contributed by atoms with Gasteiger partial charge >= 0.3 is 0 Å². The fourth-order valence-electron chi connectivity index (χ4n) is 1.64. The van der Waals surface area contributed by atoms with Gasteiger partial charge in [0.15, 0.2) is 0 Å². The smallest absolute Gasteiger partial charge is 0.129 e. The summed E-state index contributed by atoms with van der Waals surface area (Å²) in [5.41, 5.74) is 1.92. The summed E-state index contributed by atoms with van der Waals surface area (Å²) in [6.07, 6.45) is 3.14. The third-order valence-corrected chi connectivity index (χ3v) is 2.73. The Morgan fingerprint density at radius 2 is 2.31 bits per heavy atom. The van der Waals surface area contributed by atoms with Crippen LogP contribution in [-0.4, -0.2) is 19.7 Å². The monoisotopic (exact) mass is 221 g/mol. The lowest BCUT2D eigenvalue weighted by atomic mass is 10.1. The maximum atomic E-state index is 13.2. The van der Waals surface area contributed by atoms with Gasteiger partial charge in [0, 0.05) is 12.6 Å². The summed E-state index contributed by atoms with van der Waals surface area (Å²) in [5.74, 6) is 0.388. The van der Waals surface area contributed by atoms with Crippen molar-refractivity contribution in [2.24, 2.45) is 0 Å². The Morgan fingerprint density at radius 3 is 3.00 bits per heavy atom. The van der Waals surface area contributed by atoms with Gasteiger partial charge in [-0.1, -0.05) is 12.1 Å². The topological polar surface area (TPSA) is 21.3 Å². The van der Waals surface area contributed by atoms with Gasteiger partial charge in [-0.05, 0) is 37.1 Å². The molecule has 3 heteroatoms. The molecule has 0 unspecified atom stereocenters. The minimum atomic E-state index is -0.211. The first-order valence-electron chi connectivity index (χ1n) is 5.53. The molecular weight excluding hydrogens is 205 g/mol. The molecule has 0 atom stereocenters. The van der Waals surface area contributed by atoms with E-state index in [0.29, 0.717) is 17.9 Å². The summed E-state index contributed by atoms with van der Waals surface area (Å²) < 4.78 is 18.8. The van der Waals surface area contributed by atoms with Crippen molar-refractivity contribution in [3.05, 3.63) is 41.2 Å². The first kappa shape index (κ1) is 11.1. The van der Waals surface area contributed by atoms with Crippen molar-refractivity contribution in [2.45, 2.75) is 13.3 Å². The zero-order valence-corrected chi connectivity index (χ0v) is 9.42. The second kappa shape index (κ2) is 5.12. The lowest BCUT2D eigenvalue weighted by Gasteiger charge is -2.14. The van der Waals surface area contributed by atoms with E-state index in [1.54, 1.807) is 19.1 Å². The molecule has 0 radical (unpaired) electrons. The molecule has 0 spiro atoms.